The Morgan fingerprint density at radius 3 is 2.32 bits per heavy atom. The molecule has 0 unspecified atom stereocenters. The zero-order valence-corrected chi connectivity index (χ0v) is 12.5. The maximum atomic E-state index is 11.4. The number of carbonyl (C=O) groups is 2. The van der Waals surface area contributed by atoms with Crippen LogP contribution in [-0.4, -0.2) is 29.3 Å². The van der Waals surface area contributed by atoms with Gasteiger partial charge in [-0.15, -0.1) is 0 Å². The summed E-state index contributed by atoms with van der Waals surface area (Å²) in [4.78, 5) is 22.5. The van der Waals surface area contributed by atoms with Gasteiger partial charge in [0.15, 0.2) is 0 Å². The van der Waals surface area contributed by atoms with Crippen LogP contribution in [0.2, 0.25) is 0 Å². The lowest BCUT2D eigenvalue weighted by molar-refractivity contribution is -0.141. The van der Waals surface area contributed by atoms with Crippen LogP contribution in [0.15, 0.2) is 0 Å². The second-order valence-electron chi connectivity index (χ2n) is 5.77. The minimum atomic E-state index is -0.868. The number of carboxylic acids is 1. The number of hydrogen-bond acceptors (Lipinski definition) is 3. The molecule has 0 rings (SSSR count). The van der Waals surface area contributed by atoms with Gasteiger partial charge in [0.05, 0.1) is 5.92 Å². The van der Waals surface area contributed by atoms with Crippen molar-refractivity contribution < 1.29 is 19.4 Å². The average Bonchev–Trinajstić information content (AvgIpc) is 2.25. The molecule has 0 aliphatic carbocycles. The van der Waals surface area contributed by atoms with Gasteiger partial charge in [0.2, 0.25) is 0 Å². The van der Waals surface area contributed by atoms with Crippen molar-refractivity contribution in [1.29, 1.82) is 0 Å². The molecule has 1 amide bonds. The van der Waals surface area contributed by atoms with Crippen LogP contribution in [0.3, 0.4) is 0 Å². The molecule has 0 saturated heterocycles. The van der Waals surface area contributed by atoms with Gasteiger partial charge >= 0.3 is 12.1 Å². The van der Waals surface area contributed by atoms with E-state index in [2.05, 4.69) is 12.2 Å². The normalized spacial score (nSPS) is 12.8. The van der Waals surface area contributed by atoms with E-state index in [4.69, 9.17) is 9.84 Å². The summed E-state index contributed by atoms with van der Waals surface area (Å²) in [5.74, 6) is -1.41. The molecule has 0 bridgehead atoms. The molecule has 1 atom stereocenters. The lowest BCUT2D eigenvalue weighted by Crippen LogP contribution is -2.37. The molecule has 5 heteroatoms. The maximum Gasteiger partial charge on any atom is 0.407 e. The molecule has 0 aliphatic rings. The molecule has 0 radical (unpaired) electrons. The van der Waals surface area contributed by atoms with Crippen molar-refractivity contribution in [1.82, 2.24) is 5.32 Å². The van der Waals surface area contributed by atoms with E-state index in [1.165, 1.54) is 0 Å². The molecule has 2 N–H and O–H groups in total. The number of carboxylic acid groups (broad SMARTS) is 1. The lowest BCUT2D eigenvalue weighted by atomic mass is 10.0. The van der Waals surface area contributed by atoms with E-state index in [0.717, 1.165) is 25.7 Å². The van der Waals surface area contributed by atoms with Crippen molar-refractivity contribution in [3.05, 3.63) is 0 Å². The molecule has 0 aromatic carbocycles. The smallest absolute Gasteiger partial charge is 0.407 e. The Kier molecular flexibility index (Phi) is 8.19. The van der Waals surface area contributed by atoms with Gasteiger partial charge in [-0.25, -0.2) is 4.79 Å². The van der Waals surface area contributed by atoms with Crippen molar-refractivity contribution in [3.63, 3.8) is 0 Å². The molecule has 0 aromatic heterocycles. The number of nitrogens with one attached hydrogen (secondary N) is 1. The van der Waals surface area contributed by atoms with Crippen LogP contribution in [-0.2, 0) is 9.53 Å². The lowest BCUT2D eigenvalue weighted by Gasteiger charge is -2.20. The van der Waals surface area contributed by atoms with E-state index >= 15 is 0 Å². The van der Waals surface area contributed by atoms with Crippen LogP contribution in [0.4, 0.5) is 4.79 Å². The standard InChI is InChI=1S/C14H27NO4/c1-5-6-7-8-9-11(12(16)17)10-15-13(18)19-14(2,3)4/h11H,5-10H2,1-4H3,(H,15,18)(H,16,17)/t11-/m1/s1. The Labute approximate surface area is 115 Å². The summed E-state index contributed by atoms with van der Waals surface area (Å²) < 4.78 is 5.07. The highest BCUT2D eigenvalue weighted by molar-refractivity contribution is 5.72. The number of aliphatic carboxylic acids is 1. The largest absolute Gasteiger partial charge is 0.481 e. The zero-order valence-electron chi connectivity index (χ0n) is 12.5. The van der Waals surface area contributed by atoms with Gasteiger partial charge in [0.25, 0.3) is 0 Å². The van der Waals surface area contributed by atoms with Crippen molar-refractivity contribution in [2.75, 3.05) is 6.54 Å². The van der Waals surface area contributed by atoms with Gasteiger partial charge in [0.1, 0.15) is 5.60 Å². The zero-order chi connectivity index (χ0) is 14.9. The summed E-state index contributed by atoms with van der Waals surface area (Å²) in [6.45, 7) is 7.54. The Balaban J connectivity index is 4.01. The Morgan fingerprint density at radius 2 is 1.84 bits per heavy atom. The summed E-state index contributed by atoms with van der Waals surface area (Å²) in [6.07, 6.45) is 4.17. The molecule has 5 nitrogen and oxygen atoms in total. The van der Waals surface area contributed by atoms with Gasteiger partial charge in [-0.05, 0) is 27.2 Å². The maximum absolute atomic E-state index is 11.4. The quantitative estimate of drug-likeness (QED) is 0.666. The second-order valence-corrected chi connectivity index (χ2v) is 5.77. The number of hydrogen-bond donors (Lipinski definition) is 2. The highest BCUT2D eigenvalue weighted by atomic mass is 16.6. The third-order valence-electron chi connectivity index (χ3n) is 2.65. The fraction of sp³-hybridized carbons (Fsp3) is 0.857. The highest BCUT2D eigenvalue weighted by Crippen LogP contribution is 2.11. The molecule has 112 valence electrons. The van der Waals surface area contributed by atoms with Crippen LogP contribution in [0, 0.1) is 5.92 Å². The first-order valence-electron chi connectivity index (χ1n) is 6.96. The minimum absolute atomic E-state index is 0.121. The predicted octanol–water partition coefficient (Wildman–Crippen LogP) is 3.18. The topological polar surface area (TPSA) is 75.6 Å². The fourth-order valence-corrected chi connectivity index (χ4v) is 1.65. The van der Waals surface area contributed by atoms with Crippen molar-refractivity contribution in [3.8, 4) is 0 Å². The first kappa shape index (κ1) is 17.7. The van der Waals surface area contributed by atoms with E-state index in [1.54, 1.807) is 20.8 Å². The number of unbranched alkanes of at least 4 members (excludes halogenated alkanes) is 3. The second kappa shape index (κ2) is 8.77. The van der Waals surface area contributed by atoms with E-state index < -0.39 is 23.6 Å². The molecule has 0 saturated carbocycles. The number of ether oxygens (including phenoxy) is 1. The minimum Gasteiger partial charge on any atom is -0.481 e. The number of alkyl carbamates (subject to hydrolysis) is 1. The summed E-state index contributed by atoms with van der Waals surface area (Å²) in [5.41, 5.74) is -0.566. The molecule has 0 heterocycles. The Bertz CT molecular complexity index is 284. The van der Waals surface area contributed by atoms with Crippen LogP contribution in [0.5, 0.6) is 0 Å². The average molecular weight is 273 g/mol. The third kappa shape index (κ3) is 10.4. The van der Waals surface area contributed by atoms with Crippen molar-refractivity contribution in [2.45, 2.75) is 65.4 Å². The van der Waals surface area contributed by atoms with Crippen LogP contribution < -0.4 is 5.32 Å². The number of amides is 1. The Morgan fingerprint density at radius 1 is 1.21 bits per heavy atom. The van der Waals surface area contributed by atoms with Crippen molar-refractivity contribution in [2.24, 2.45) is 5.92 Å². The molecule has 0 aliphatic heterocycles. The summed E-state index contributed by atoms with van der Waals surface area (Å²) >= 11 is 0. The van der Waals surface area contributed by atoms with Crippen LogP contribution in [0.25, 0.3) is 0 Å². The summed E-state index contributed by atoms with van der Waals surface area (Å²) in [7, 11) is 0. The van der Waals surface area contributed by atoms with Crippen LogP contribution in [0.1, 0.15) is 59.8 Å². The van der Waals surface area contributed by atoms with Gasteiger partial charge in [-0.3, -0.25) is 4.79 Å². The Hall–Kier alpha value is -1.26. The van der Waals surface area contributed by atoms with E-state index in [0.29, 0.717) is 6.42 Å². The van der Waals surface area contributed by atoms with E-state index in [1.807, 2.05) is 0 Å². The predicted molar refractivity (Wildman–Crippen MR) is 74.1 cm³/mol. The first-order chi connectivity index (χ1) is 8.76. The number of carbonyl (C=O) groups excluding carboxylic acids is 1. The molecular weight excluding hydrogens is 246 g/mol. The molecular formula is C14H27NO4. The van der Waals surface area contributed by atoms with Gasteiger partial charge in [-0.2, -0.15) is 0 Å². The van der Waals surface area contributed by atoms with Gasteiger partial charge in [-0.1, -0.05) is 32.6 Å². The summed E-state index contributed by atoms with van der Waals surface area (Å²) in [5, 5.41) is 11.6. The third-order valence-corrected chi connectivity index (χ3v) is 2.65. The molecule has 0 aromatic rings. The first-order valence-corrected chi connectivity index (χ1v) is 6.96. The fourth-order valence-electron chi connectivity index (χ4n) is 1.65. The number of rotatable bonds is 8. The van der Waals surface area contributed by atoms with E-state index in [-0.39, 0.29) is 6.54 Å². The SMILES string of the molecule is CCCCCC[C@H](CNC(=O)OC(C)(C)C)C(=O)O. The molecule has 0 spiro atoms. The van der Waals surface area contributed by atoms with Gasteiger partial charge in [0, 0.05) is 6.54 Å². The highest BCUT2D eigenvalue weighted by Gasteiger charge is 2.20. The molecule has 0 fully saturated rings. The van der Waals surface area contributed by atoms with Crippen LogP contribution >= 0.6 is 0 Å². The van der Waals surface area contributed by atoms with E-state index in [9.17, 15) is 9.59 Å². The van der Waals surface area contributed by atoms with Crippen molar-refractivity contribution >= 4 is 12.1 Å². The summed E-state index contributed by atoms with van der Waals surface area (Å²) in [6, 6.07) is 0. The molecule has 19 heavy (non-hydrogen) atoms. The monoisotopic (exact) mass is 273 g/mol. The van der Waals surface area contributed by atoms with Gasteiger partial charge < -0.3 is 15.2 Å².